The van der Waals surface area contributed by atoms with Gasteiger partial charge in [-0.3, -0.25) is 15.0 Å². The summed E-state index contributed by atoms with van der Waals surface area (Å²) in [7, 11) is 0. The van der Waals surface area contributed by atoms with Crippen LogP contribution in [0.5, 0.6) is 0 Å². The predicted octanol–water partition coefficient (Wildman–Crippen LogP) is 4.15. The van der Waals surface area contributed by atoms with Crippen molar-refractivity contribution in [2.24, 2.45) is 0 Å². The van der Waals surface area contributed by atoms with Crippen LogP contribution in [0.15, 0.2) is 91.0 Å². The van der Waals surface area contributed by atoms with Gasteiger partial charge in [-0.05, 0) is 41.5 Å². The molecule has 4 aromatic rings. The number of rotatable bonds is 6. The fourth-order valence-corrected chi connectivity index (χ4v) is 3.23. The van der Waals surface area contributed by atoms with E-state index in [1.54, 1.807) is 37.1 Å². The lowest BCUT2D eigenvalue weighted by molar-refractivity contribution is 0.653. The van der Waals surface area contributed by atoms with Crippen molar-refractivity contribution < 1.29 is 4.55 Å². The Labute approximate surface area is 166 Å². The Morgan fingerprint density at radius 1 is 0.786 bits per heavy atom. The highest BCUT2D eigenvalue weighted by Crippen LogP contribution is 2.37. The van der Waals surface area contributed by atoms with Gasteiger partial charge in [-0.15, -0.1) is 0 Å². The van der Waals surface area contributed by atoms with Gasteiger partial charge >= 0.3 is 0 Å². The van der Waals surface area contributed by atoms with E-state index in [0.29, 0.717) is 17.9 Å². The van der Waals surface area contributed by atoms with Crippen molar-refractivity contribution in [2.75, 3.05) is 4.90 Å². The Kier molecular flexibility index (Phi) is 5.51. The second kappa shape index (κ2) is 8.55. The molecule has 4 heterocycles. The maximum Gasteiger partial charge on any atom is 0.216 e. The lowest BCUT2D eigenvalue weighted by Gasteiger charge is -2.33. The van der Waals surface area contributed by atoms with Gasteiger partial charge in [0.15, 0.2) is 0 Å². The largest absolute Gasteiger partial charge is 0.323 e. The maximum atomic E-state index is 9.43. The maximum absolute atomic E-state index is 9.43. The molecule has 0 bridgehead atoms. The number of hydrogen-bond donors (Lipinski definition) is 1. The summed E-state index contributed by atoms with van der Waals surface area (Å²) in [6, 6.07) is 13.2. The van der Waals surface area contributed by atoms with Crippen molar-refractivity contribution in [1.82, 2.24) is 24.9 Å². The summed E-state index contributed by atoms with van der Waals surface area (Å²) < 4.78 is 9.43. The van der Waals surface area contributed by atoms with Crippen LogP contribution in [0.3, 0.4) is 0 Å². The molecule has 0 saturated carbocycles. The standard InChI is InChI=1S/C20H16N6OS/c27-28-20-24-11-7-18(25-20)26(17-6-3-10-23-14-17)19(15-4-1-8-21-12-15)16-5-2-9-22-13-16/h1-14,19,27H. The van der Waals surface area contributed by atoms with Gasteiger partial charge in [-0.1, -0.05) is 12.1 Å². The number of nitrogens with zero attached hydrogens (tertiary/aromatic N) is 6. The first kappa shape index (κ1) is 18.0. The molecule has 0 fully saturated rings. The van der Waals surface area contributed by atoms with E-state index >= 15 is 0 Å². The molecule has 0 saturated heterocycles. The summed E-state index contributed by atoms with van der Waals surface area (Å²) in [4.78, 5) is 23.5. The molecule has 0 spiro atoms. The Balaban J connectivity index is 1.94. The highest BCUT2D eigenvalue weighted by molar-refractivity contribution is 7.93. The third-order valence-corrected chi connectivity index (χ3v) is 4.49. The van der Waals surface area contributed by atoms with Crippen LogP contribution in [0.2, 0.25) is 0 Å². The summed E-state index contributed by atoms with van der Waals surface area (Å²) in [5, 5.41) is 0.266. The minimum atomic E-state index is -0.252. The van der Waals surface area contributed by atoms with Gasteiger partial charge < -0.3 is 9.45 Å². The SMILES string of the molecule is OSc1nccc(N(c2cccnc2)C(c2cccnc2)c2cccnc2)n1. The molecule has 138 valence electrons. The number of pyridine rings is 3. The molecule has 0 atom stereocenters. The average Bonchev–Trinajstić information content (AvgIpc) is 2.79. The first-order valence-corrected chi connectivity index (χ1v) is 9.28. The summed E-state index contributed by atoms with van der Waals surface area (Å²) in [6.45, 7) is 0. The van der Waals surface area contributed by atoms with Crippen LogP contribution in [0.25, 0.3) is 0 Å². The molecule has 0 aliphatic rings. The summed E-state index contributed by atoms with van der Waals surface area (Å²) in [6.07, 6.45) is 12.2. The van der Waals surface area contributed by atoms with E-state index in [9.17, 15) is 4.55 Å². The molecular weight excluding hydrogens is 372 g/mol. The molecule has 0 amide bonds. The van der Waals surface area contributed by atoms with Gasteiger partial charge in [0.1, 0.15) is 5.82 Å². The van der Waals surface area contributed by atoms with Gasteiger partial charge in [0.2, 0.25) is 5.16 Å². The minimum Gasteiger partial charge on any atom is -0.323 e. The third kappa shape index (κ3) is 3.83. The highest BCUT2D eigenvalue weighted by Gasteiger charge is 2.26. The van der Waals surface area contributed by atoms with Crippen LogP contribution in [-0.2, 0) is 0 Å². The second-order valence-electron chi connectivity index (χ2n) is 5.85. The molecule has 0 aromatic carbocycles. The molecular formula is C20H16N6OS. The zero-order valence-corrected chi connectivity index (χ0v) is 15.5. The molecule has 8 heteroatoms. The lowest BCUT2D eigenvalue weighted by atomic mass is 9.99. The normalized spacial score (nSPS) is 10.8. The first-order chi connectivity index (χ1) is 13.9. The van der Waals surface area contributed by atoms with Crippen molar-refractivity contribution in [3.63, 3.8) is 0 Å². The molecule has 4 rings (SSSR count). The zero-order valence-electron chi connectivity index (χ0n) is 14.7. The van der Waals surface area contributed by atoms with E-state index in [-0.39, 0.29) is 11.2 Å². The molecule has 7 nitrogen and oxygen atoms in total. The van der Waals surface area contributed by atoms with Gasteiger partial charge in [0.25, 0.3) is 0 Å². The monoisotopic (exact) mass is 388 g/mol. The van der Waals surface area contributed by atoms with E-state index in [1.165, 1.54) is 0 Å². The molecule has 0 unspecified atom stereocenters. The average molecular weight is 388 g/mol. The Morgan fingerprint density at radius 2 is 1.43 bits per heavy atom. The molecule has 4 aromatic heterocycles. The number of hydrogen-bond acceptors (Lipinski definition) is 8. The summed E-state index contributed by atoms with van der Waals surface area (Å²) in [5.74, 6) is 0.622. The van der Waals surface area contributed by atoms with Crippen molar-refractivity contribution in [2.45, 2.75) is 11.2 Å². The quantitative estimate of drug-likeness (QED) is 0.389. The summed E-state index contributed by atoms with van der Waals surface area (Å²) in [5.41, 5.74) is 2.78. The van der Waals surface area contributed by atoms with Crippen LogP contribution in [0.4, 0.5) is 11.5 Å². The smallest absolute Gasteiger partial charge is 0.216 e. The third-order valence-electron chi connectivity index (χ3n) is 4.13. The Morgan fingerprint density at radius 3 is 1.96 bits per heavy atom. The number of aromatic nitrogens is 5. The molecule has 28 heavy (non-hydrogen) atoms. The van der Waals surface area contributed by atoms with Crippen LogP contribution in [0, 0.1) is 0 Å². The van der Waals surface area contributed by atoms with E-state index in [4.69, 9.17) is 0 Å². The first-order valence-electron chi connectivity index (χ1n) is 8.50. The van der Waals surface area contributed by atoms with Gasteiger partial charge in [-0.25, -0.2) is 9.97 Å². The zero-order chi connectivity index (χ0) is 19.2. The fraction of sp³-hybridized carbons (Fsp3) is 0.0500. The van der Waals surface area contributed by atoms with Crippen molar-refractivity contribution in [3.05, 3.63) is 97.0 Å². The van der Waals surface area contributed by atoms with Crippen molar-refractivity contribution in [1.29, 1.82) is 0 Å². The van der Waals surface area contributed by atoms with Crippen LogP contribution >= 0.6 is 12.0 Å². The van der Waals surface area contributed by atoms with E-state index in [0.717, 1.165) is 16.8 Å². The molecule has 0 aliphatic heterocycles. The van der Waals surface area contributed by atoms with Gasteiger partial charge in [0.05, 0.1) is 30.0 Å². The van der Waals surface area contributed by atoms with Crippen LogP contribution in [-0.4, -0.2) is 29.5 Å². The van der Waals surface area contributed by atoms with Crippen molar-refractivity contribution in [3.8, 4) is 0 Å². The molecule has 0 radical (unpaired) electrons. The fourth-order valence-electron chi connectivity index (χ4n) is 2.99. The Bertz CT molecular complexity index is 981. The lowest BCUT2D eigenvalue weighted by Crippen LogP contribution is -2.26. The van der Waals surface area contributed by atoms with Crippen LogP contribution in [0.1, 0.15) is 17.2 Å². The predicted molar refractivity (Wildman–Crippen MR) is 107 cm³/mol. The number of anilines is 2. The second-order valence-corrected chi connectivity index (χ2v) is 6.39. The van der Waals surface area contributed by atoms with E-state index in [2.05, 4.69) is 24.9 Å². The molecule has 0 aliphatic carbocycles. The van der Waals surface area contributed by atoms with Crippen molar-refractivity contribution >= 4 is 23.5 Å². The highest BCUT2D eigenvalue weighted by atomic mass is 32.2. The summed E-state index contributed by atoms with van der Waals surface area (Å²) >= 11 is 0.510. The Hall–Kier alpha value is -3.36. The molecule has 1 N–H and O–H groups in total. The van der Waals surface area contributed by atoms with E-state index in [1.807, 2.05) is 53.7 Å². The van der Waals surface area contributed by atoms with Gasteiger partial charge in [-0.2, -0.15) is 0 Å². The topological polar surface area (TPSA) is 87.9 Å². The van der Waals surface area contributed by atoms with Crippen LogP contribution < -0.4 is 4.90 Å². The minimum absolute atomic E-state index is 0.252. The van der Waals surface area contributed by atoms with E-state index < -0.39 is 0 Å². The van der Waals surface area contributed by atoms with Gasteiger partial charge in [0, 0.05) is 37.2 Å².